The quantitative estimate of drug-likeness (QED) is 0.552. The van der Waals surface area contributed by atoms with Crippen molar-refractivity contribution < 1.29 is 14.6 Å². The van der Waals surface area contributed by atoms with Crippen LogP contribution >= 0.6 is 0 Å². The van der Waals surface area contributed by atoms with Gasteiger partial charge in [-0.15, -0.1) is 0 Å². The first-order valence-electron chi connectivity index (χ1n) is 5.20. The molecule has 0 fully saturated rings. The summed E-state index contributed by atoms with van der Waals surface area (Å²) in [7, 11) is 0. The first-order valence-corrected chi connectivity index (χ1v) is 5.20. The molecule has 0 aromatic heterocycles. The van der Waals surface area contributed by atoms with E-state index in [0.717, 1.165) is 19.3 Å². The van der Waals surface area contributed by atoms with Crippen LogP contribution in [0.3, 0.4) is 0 Å². The van der Waals surface area contributed by atoms with Gasteiger partial charge in [0, 0.05) is 0 Å². The Bertz CT molecular complexity index is 209. The molecule has 0 aromatic carbocycles. The summed E-state index contributed by atoms with van der Waals surface area (Å²) in [5, 5.41) is 8.87. The molecule has 14 heavy (non-hydrogen) atoms. The Morgan fingerprint density at radius 2 is 2.43 bits per heavy atom. The van der Waals surface area contributed by atoms with Crippen molar-refractivity contribution in [3.63, 3.8) is 0 Å². The van der Waals surface area contributed by atoms with E-state index in [0.29, 0.717) is 12.5 Å². The van der Waals surface area contributed by atoms with Crippen molar-refractivity contribution in [2.75, 3.05) is 6.61 Å². The second-order valence-electron chi connectivity index (χ2n) is 3.78. The number of carbonyl (C=O) groups is 1. The van der Waals surface area contributed by atoms with Gasteiger partial charge < -0.3 is 9.84 Å². The molecule has 0 aliphatic heterocycles. The minimum absolute atomic E-state index is 0.433. The van der Waals surface area contributed by atoms with Crippen LogP contribution in [0.2, 0.25) is 0 Å². The fourth-order valence-electron chi connectivity index (χ4n) is 1.57. The third-order valence-electron chi connectivity index (χ3n) is 2.49. The summed E-state index contributed by atoms with van der Waals surface area (Å²) in [6.45, 7) is 1.86. The molecule has 0 bridgehead atoms. The summed E-state index contributed by atoms with van der Waals surface area (Å²) in [5.74, 6) is 0.123. The predicted octanol–water partition coefficient (Wildman–Crippen LogP) is 1.66. The minimum Gasteiger partial charge on any atom is -0.464 e. The van der Waals surface area contributed by atoms with Gasteiger partial charge in [-0.3, -0.25) is 0 Å². The Kier molecular flexibility index (Phi) is 4.66. The van der Waals surface area contributed by atoms with E-state index in [1.54, 1.807) is 0 Å². The summed E-state index contributed by atoms with van der Waals surface area (Å²) >= 11 is 0. The molecule has 0 heterocycles. The first-order chi connectivity index (χ1) is 6.70. The van der Waals surface area contributed by atoms with Gasteiger partial charge >= 0.3 is 5.97 Å². The third kappa shape index (κ3) is 3.92. The average Bonchev–Trinajstić information content (AvgIpc) is 2.19. The second-order valence-corrected chi connectivity index (χ2v) is 3.78. The number of carbonyl (C=O) groups excluding carboxylic acids is 1. The van der Waals surface area contributed by atoms with E-state index in [4.69, 9.17) is 9.84 Å². The van der Waals surface area contributed by atoms with Gasteiger partial charge in [0.2, 0.25) is 0 Å². The maximum atomic E-state index is 10.9. The van der Waals surface area contributed by atoms with E-state index in [1.807, 2.05) is 0 Å². The van der Waals surface area contributed by atoms with E-state index in [-0.39, 0.29) is 0 Å². The predicted molar refractivity (Wildman–Crippen MR) is 53.7 cm³/mol. The van der Waals surface area contributed by atoms with Gasteiger partial charge in [0.05, 0.1) is 6.61 Å². The van der Waals surface area contributed by atoms with Crippen LogP contribution in [0, 0.1) is 5.92 Å². The molecule has 3 heteroatoms. The van der Waals surface area contributed by atoms with Crippen LogP contribution in [-0.2, 0) is 9.53 Å². The smallest absolute Gasteiger partial charge is 0.334 e. The molecule has 0 saturated carbocycles. The number of hydrogen-bond donors (Lipinski definition) is 1. The van der Waals surface area contributed by atoms with Crippen molar-refractivity contribution in [1.29, 1.82) is 0 Å². The molecular weight excluding hydrogens is 180 g/mol. The van der Waals surface area contributed by atoms with Crippen molar-refractivity contribution in [2.45, 2.75) is 38.7 Å². The summed E-state index contributed by atoms with van der Waals surface area (Å²) in [5.41, 5.74) is 0. The molecule has 80 valence electrons. The van der Waals surface area contributed by atoms with Crippen molar-refractivity contribution in [3.05, 3.63) is 12.2 Å². The Morgan fingerprint density at radius 1 is 1.64 bits per heavy atom. The number of esters is 1. The summed E-state index contributed by atoms with van der Waals surface area (Å²) < 4.78 is 4.89. The Balaban J connectivity index is 2.09. The SMILES string of the molecule is C[C@H](O)C(=O)OCCC1CC=CCC1. The van der Waals surface area contributed by atoms with Gasteiger partial charge in [0.1, 0.15) is 6.10 Å². The summed E-state index contributed by atoms with van der Waals surface area (Å²) in [6, 6.07) is 0. The molecule has 1 N–H and O–H groups in total. The number of ether oxygens (including phenoxy) is 1. The second kappa shape index (κ2) is 5.81. The first kappa shape index (κ1) is 11.2. The lowest BCUT2D eigenvalue weighted by Gasteiger charge is -2.17. The van der Waals surface area contributed by atoms with Crippen LogP contribution in [0.15, 0.2) is 12.2 Å². The summed E-state index contributed by atoms with van der Waals surface area (Å²) in [4.78, 5) is 10.9. The Labute approximate surface area is 84.8 Å². The maximum Gasteiger partial charge on any atom is 0.334 e. The van der Waals surface area contributed by atoms with Crippen LogP contribution in [0.4, 0.5) is 0 Å². The maximum absolute atomic E-state index is 10.9. The van der Waals surface area contributed by atoms with Gasteiger partial charge in [-0.05, 0) is 38.5 Å². The fourth-order valence-corrected chi connectivity index (χ4v) is 1.57. The van der Waals surface area contributed by atoms with Gasteiger partial charge in [0.25, 0.3) is 0 Å². The lowest BCUT2D eigenvalue weighted by molar-refractivity contribution is -0.152. The van der Waals surface area contributed by atoms with Gasteiger partial charge in [-0.1, -0.05) is 12.2 Å². The molecule has 0 spiro atoms. The Morgan fingerprint density at radius 3 is 3.00 bits per heavy atom. The molecule has 0 aromatic rings. The molecular formula is C11H18O3. The number of aliphatic hydroxyl groups excluding tert-OH is 1. The fraction of sp³-hybridized carbons (Fsp3) is 0.727. The molecule has 1 rings (SSSR count). The lowest BCUT2D eigenvalue weighted by Crippen LogP contribution is -2.20. The number of rotatable bonds is 4. The van der Waals surface area contributed by atoms with Crippen LogP contribution in [0.5, 0.6) is 0 Å². The topological polar surface area (TPSA) is 46.5 Å². The minimum atomic E-state index is -0.999. The van der Waals surface area contributed by atoms with Crippen molar-refractivity contribution in [3.8, 4) is 0 Å². The van der Waals surface area contributed by atoms with Crippen LogP contribution in [-0.4, -0.2) is 23.8 Å². The van der Waals surface area contributed by atoms with Crippen LogP contribution in [0.1, 0.15) is 32.6 Å². The van der Waals surface area contributed by atoms with Crippen molar-refractivity contribution in [1.82, 2.24) is 0 Å². The largest absolute Gasteiger partial charge is 0.464 e. The van der Waals surface area contributed by atoms with E-state index in [1.165, 1.54) is 13.3 Å². The number of aliphatic hydroxyl groups is 1. The zero-order valence-electron chi connectivity index (χ0n) is 8.61. The normalized spacial score (nSPS) is 23.1. The van der Waals surface area contributed by atoms with Crippen molar-refractivity contribution in [2.24, 2.45) is 5.92 Å². The Hall–Kier alpha value is -0.830. The molecule has 1 aliphatic rings. The highest BCUT2D eigenvalue weighted by Gasteiger charge is 2.13. The van der Waals surface area contributed by atoms with Crippen LogP contribution in [0.25, 0.3) is 0 Å². The van der Waals surface area contributed by atoms with Gasteiger partial charge in [0.15, 0.2) is 0 Å². The zero-order chi connectivity index (χ0) is 10.4. The number of allylic oxidation sites excluding steroid dienone is 2. The lowest BCUT2D eigenvalue weighted by atomic mass is 9.92. The molecule has 2 atom stereocenters. The van der Waals surface area contributed by atoms with Gasteiger partial charge in [-0.2, -0.15) is 0 Å². The van der Waals surface area contributed by atoms with E-state index in [9.17, 15) is 4.79 Å². The zero-order valence-corrected chi connectivity index (χ0v) is 8.61. The molecule has 0 amide bonds. The molecule has 3 nitrogen and oxygen atoms in total. The number of hydrogen-bond acceptors (Lipinski definition) is 3. The average molecular weight is 198 g/mol. The molecule has 1 aliphatic carbocycles. The highest BCUT2D eigenvalue weighted by molar-refractivity contribution is 5.73. The van der Waals surface area contributed by atoms with Crippen molar-refractivity contribution >= 4 is 5.97 Å². The highest BCUT2D eigenvalue weighted by Crippen LogP contribution is 2.21. The molecule has 0 radical (unpaired) electrons. The summed E-state index contributed by atoms with van der Waals surface area (Å²) in [6.07, 6.45) is 7.69. The monoisotopic (exact) mass is 198 g/mol. The van der Waals surface area contributed by atoms with Crippen LogP contribution < -0.4 is 0 Å². The molecule has 1 unspecified atom stereocenters. The van der Waals surface area contributed by atoms with E-state index >= 15 is 0 Å². The standard InChI is InChI=1S/C11H18O3/c1-9(12)11(13)14-8-7-10-5-3-2-4-6-10/h2-3,9-10,12H,4-8H2,1H3/t9-,10?/m0/s1. The third-order valence-corrected chi connectivity index (χ3v) is 2.49. The van der Waals surface area contributed by atoms with E-state index in [2.05, 4.69) is 12.2 Å². The van der Waals surface area contributed by atoms with E-state index < -0.39 is 12.1 Å². The highest BCUT2D eigenvalue weighted by atomic mass is 16.5. The molecule has 0 saturated heterocycles. The van der Waals surface area contributed by atoms with Gasteiger partial charge in [-0.25, -0.2) is 4.79 Å².